The number of benzene rings is 2. The zero-order chi connectivity index (χ0) is 23.8. The summed E-state index contributed by atoms with van der Waals surface area (Å²) >= 11 is 12.4. The van der Waals surface area contributed by atoms with Gasteiger partial charge in [-0.3, -0.25) is 15.0 Å². The van der Waals surface area contributed by atoms with Gasteiger partial charge in [0.05, 0.1) is 6.54 Å². The Hall–Kier alpha value is -2.81. The van der Waals surface area contributed by atoms with Crippen LogP contribution in [0.2, 0.25) is 10.0 Å². The van der Waals surface area contributed by atoms with Crippen molar-refractivity contribution in [2.75, 3.05) is 44.7 Å². The van der Waals surface area contributed by atoms with E-state index < -0.39 is 18.2 Å². The number of halogens is 2. The van der Waals surface area contributed by atoms with Gasteiger partial charge in [0.15, 0.2) is 12.2 Å². The maximum atomic E-state index is 12.8. The number of carbonyl (C=O) groups excluding carboxylic acids is 2. The number of carbonyl (C=O) groups is 2. The topological polar surface area (TPSA) is 71.5 Å². The largest absolute Gasteiger partial charge is 0.369 e. The lowest BCUT2D eigenvalue weighted by Gasteiger charge is -2.38. The van der Waals surface area contributed by atoms with E-state index in [9.17, 15) is 9.59 Å². The summed E-state index contributed by atoms with van der Waals surface area (Å²) in [4.78, 5) is 38.1. The minimum absolute atomic E-state index is 0.320. The van der Waals surface area contributed by atoms with E-state index in [0.717, 1.165) is 48.3 Å². The second-order valence-electron chi connectivity index (χ2n) is 8.81. The first kappa shape index (κ1) is 23.0. The van der Waals surface area contributed by atoms with Crippen molar-refractivity contribution in [3.63, 3.8) is 0 Å². The quantitative estimate of drug-likeness (QED) is 0.683. The highest BCUT2D eigenvalue weighted by molar-refractivity contribution is 6.31. The Morgan fingerprint density at radius 3 is 2.38 bits per heavy atom. The van der Waals surface area contributed by atoms with Gasteiger partial charge in [-0.15, -0.1) is 0 Å². The van der Waals surface area contributed by atoms with Crippen molar-refractivity contribution in [3.05, 3.63) is 64.1 Å². The van der Waals surface area contributed by atoms with E-state index in [-0.39, 0.29) is 5.91 Å². The monoisotopic (exact) mass is 500 g/mol. The van der Waals surface area contributed by atoms with Crippen LogP contribution in [0.5, 0.6) is 0 Å². The number of fused-ring (bicyclic) bond motifs is 1. The number of urea groups is 1. The molecule has 10 heteroatoms. The second-order valence-corrected chi connectivity index (χ2v) is 9.68. The molecule has 1 N–H and O–H groups in total. The molecule has 3 amide bonds. The maximum Gasteiger partial charge on any atom is 0.325 e. The van der Waals surface area contributed by atoms with Crippen LogP contribution in [0, 0.1) is 0 Å². The second kappa shape index (κ2) is 9.44. The molecule has 2 atom stereocenters. The molecule has 2 saturated heterocycles. The molecule has 3 heterocycles. The number of hydrogen-bond acceptors (Lipinski definition) is 6. The zero-order valence-electron chi connectivity index (χ0n) is 18.8. The van der Waals surface area contributed by atoms with Crippen LogP contribution in [0.25, 0.3) is 0 Å². The first-order valence-corrected chi connectivity index (χ1v) is 12.0. The minimum Gasteiger partial charge on any atom is -0.369 e. The summed E-state index contributed by atoms with van der Waals surface area (Å²) < 4.78 is 0. The molecule has 3 aliphatic heterocycles. The molecule has 0 aliphatic carbocycles. The molecule has 0 radical (unpaired) electrons. The molecule has 2 aromatic carbocycles. The number of aliphatic imine (C=N–C) groups is 1. The van der Waals surface area contributed by atoms with Crippen molar-refractivity contribution in [3.8, 4) is 0 Å². The van der Waals surface area contributed by atoms with Gasteiger partial charge in [-0.1, -0.05) is 41.4 Å². The minimum atomic E-state index is -0.565. The summed E-state index contributed by atoms with van der Waals surface area (Å²) in [7, 11) is 1.67. The Morgan fingerprint density at radius 1 is 0.971 bits per heavy atom. The number of anilines is 1. The van der Waals surface area contributed by atoms with Gasteiger partial charge >= 0.3 is 6.03 Å². The number of imide groups is 1. The standard InChI is InChI=1S/C24H26Cl2N6O2/c1-29-22-21(23(33)28-24(29)34)32(14-16-4-2-5-17(25)12-16)20(27-22)15-30-8-10-31(11-9-30)19-7-3-6-18(26)13-19/h2-7,12-13,21-22H,8-11,14-15H2,1H3,(H,28,33,34). The van der Waals surface area contributed by atoms with Gasteiger partial charge in [-0.2, -0.15) is 0 Å². The first-order valence-electron chi connectivity index (χ1n) is 11.3. The van der Waals surface area contributed by atoms with E-state index in [2.05, 4.69) is 21.2 Å². The SMILES string of the molecule is CN1C(=O)NC(=O)C2C1N=C(CN1CCN(c3cccc(Cl)c3)CC1)N2Cc1cccc(Cl)c1. The van der Waals surface area contributed by atoms with Crippen LogP contribution in [0.4, 0.5) is 10.5 Å². The number of hydrogen-bond donors (Lipinski definition) is 1. The number of amidine groups is 1. The number of likely N-dealkylation sites (N-methyl/N-ethyl adjacent to an activating group) is 1. The van der Waals surface area contributed by atoms with Crippen molar-refractivity contribution < 1.29 is 9.59 Å². The van der Waals surface area contributed by atoms with Crippen LogP contribution in [0.3, 0.4) is 0 Å². The summed E-state index contributed by atoms with van der Waals surface area (Å²) in [5.74, 6) is 0.488. The molecule has 8 nitrogen and oxygen atoms in total. The van der Waals surface area contributed by atoms with Crippen molar-refractivity contribution >= 4 is 46.7 Å². The van der Waals surface area contributed by atoms with Crippen molar-refractivity contribution in [2.45, 2.75) is 18.8 Å². The predicted octanol–water partition coefficient (Wildman–Crippen LogP) is 2.91. The van der Waals surface area contributed by atoms with Gasteiger partial charge < -0.3 is 14.7 Å². The van der Waals surface area contributed by atoms with Crippen LogP contribution < -0.4 is 10.2 Å². The molecule has 2 aromatic rings. The molecule has 34 heavy (non-hydrogen) atoms. The normalized spacial score (nSPS) is 23.1. The van der Waals surface area contributed by atoms with Crippen LogP contribution >= 0.6 is 23.2 Å². The van der Waals surface area contributed by atoms with E-state index in [1.165, 1.54) is 4.90 Å². The molecule has 178 valence electrons. The van der Waals surface area contributed by atoms with E-state index in [0.29, 0.717) is 18.1 Å². The molecule has 5 rings (SSSR count). The Balaban J connectivity index is 1.33. The highest BCUT2D eigenvalue weighted by Crippen LogP contribution is 2.27. The smallest absolute Gasteiger partial charge is 0.325 e. The highest BCUT2D eigenvalue weighted by Gasteiger charge is 2.48. The van der Waals surface area contributed by atoms with Gasteiger partial charge in [0.25, 0.3) is 5.91 Å². The fourth-order valence-corrected chi connectivity index (χ4v) is 5.17. The van der Waals surface area contributed by atoms with E-state index in [1.807, 2.05) is 47.4 Å². The first-order chi connectivity index (χ1) is 16.4. The van der Waals surface area contributed by atoms with Crippen molar-refractivity contribution in [2.24, 2.45) is 4.99 Å². The summed E-state index contributed by atoms with van der Waals surface area (Å²) in [5, 5.41) is 3.83. The number of nitrogens with zero attached hydrogens (tertiary/aromatic N) is 5. The Morgan fingerprint density at radius 2 is 1.68 bits per heavy atom. The number of rotatable bonds is 5. The van der Waals surface area contributed by atoms with E-state index in [4.69, 9.17) is 28.2 Å². The fraction of sp³-hybridized carbons (Fsp3) is 0.375. The third-order valence-corrected chi connectivity index (χ3v) is 7.07. The predicted molar refractivity (Wildman–Crippen MR) is 133 cm³/mol. The van der Waals surface area contributed by atoms with E-state index in [1.54, 1.807) is 7.05 Å². The van der Waals surface area contributed by atoms with E-state index >= 15 is 0 Å². The van der Waals surface area contributed by atoms with Gasteiger partial charge in [0.2, 0.25) is 0 Å². The highest BCUT2D eigenvalue weighted by atomic mass is 35.5. The number of nitrogens with one attached hydrogen (secondary N) is 1. The fourth-order valence-electron chi connectivity index (χ4n) is 4.77. The molecule has 0 spiro atoms. The lowest BCUT2D eigenvalue weighted by atomic mass is 10.1. The average Bonchev–Trinajstić information content (AvgIpc) is 3.16. The van der Waals surface area contributed by atoms with Gasteiger partial charge in [-0.05, 0) is 35.9 Å². The number of amides is 3. The van der Waals surface area contributed by atoms with Crippen molar-refractivity contribution in [1.82, 2.24) is 20.0 Å². The molecule has 3 aliphatic rings. The van der Waals surface area contributed by atoms with Crippen LogP contribution in [-0.2, 0) is 11.3 Å². The molecule has 0 aromatic heterocycles. The number of piperazine rings is 1. The van der Waals surface area contributed by atoms with Crippen LogP contribution in [-0.4, -0.2) is 84.5 Å². The van der Waals surface area contributed by atoms with Gasteiger partial charge in [0, 0.05) is 55.5 Å². The van der Waals surface area contributed by atoms with Crippen molar-refractivity contribution in [1.29, 1.82) is 0 Å². The summed E-state index contributed by atoms with van der Waals surface area (Å²) in [5.41, 5.74) is 2.11. The maximum absolute atomic E-state index is 12.8. The lowest BCUT2D eigenvalue weighted by Crippen LogP contribution is -2.63. The summed E-state index contributed by atoms with van der Waals surface area (Å²) in [6.07, 6.45) is -0.539. The summed E-state index contributed by atoms with van der Waals surface area (Å²) in [6, 6.07) is 14.5. The lowest BCUT2D eigenvalue weighted by molar-refractivity contribution is -0.127. The third-order valence-electron chi connectivity index (χ3n) is 6.60. The van der Waals surface area contributed by atoms with Crippen LogP contribution in [0.1, 0.15) is 5.56 Å². The Kier molecular flexibility index (Phi) is 6.38. The van der Waals surface area contributed by atoms with Gasteiger partial charge in [-0.25, -0.2) is 9.79 Å². The van der Waals surface area contributed by atoms with Gasteiger partial charge in [0.1, 0.15) is 5.84 Å². The summed E-state index contributed by atoms with van der Waals surface area (Å²) in [6.45, 7) is 4.53. The molecule has 2 unspecified atom stereocenters. The Bertz CT molecular complexity index is 1130. The third kappa shape index (κ3) is 4.58. The molecule has 0 saturated carbocycles. The molecule has 2 fully saturated rings. The average molecular weight is 501 g/mol. The molecular weight excluding hydrogens is 475 g/mol. The zero-order valence-corrected chi connectivity index (χ0v) is 20.3. The Labute approximate surface area is 208 Å². The molecular formula is C24H26Cl2N6O2. The molecule has 0 bridgehead atoms. The van der Waals surface area contributed by atoms with Crippen LogP contribution in [0.15, 0.2) is 53.5 Å².